The molecule has 0 aliphatic rings. The number of ether oxygens (including phenoxy) is 1. The third kappa shape index (κ3) is 3.72. The predicted octanol–water partition coefficient (Wildman–Crippen LogP) is 3.97. The van der Waals surface area contributed by atoms with E-state index < -0.39 is 0 Å². The molecule has 4 nitrogen and oxygen atoms in total. The molecule has 0 spiro atoms. The van der Waals surface area contributed by atoms with Gasteiger partial charge in [-0.1, -0.05) is 23.2 Å². The molecule has 0 aliphatic carbocycles. The summed E-state index contributed by atoms with van der Waals surface area (Å²) in [6.45, 7) is 3.89. The number of benzene rings is 1. The summed E-state index contributed by atoms with van der Waals surface area (Å²) in [5, 5.41) is 5.13. The van der Waals surface area contributed by atoms with Crippen LogP contribution < -0.4 is 0 Å². The van der Waals surface area contributed by atoms with Crippen LogP contribution in [0.15, 0.2) is 30.9 Å². The second kappa shape index (κ2) is 6.08. The highest BCUT2D eigenvalue weighted by atomic mass is 35.5. The van der Waals surface area contributed by atoms with Gasteiger partial charge >= 0.3 is 0 Å². The van der Waals surface area contributed by atoms with Crippen LogP contribution in [0.3, 0.4) is 0 Å². The summed E-state index contributed by atoms with van der Waals surface area (Å²) < 4.78 is 7.33. The topological polar surface area (TPSA) is 39.9 Å². The van der Waals surface area contributed by atoms with Gasteiger partial charge < -0.3 is 4.74 Å². The molecule has 0 bridgehead atoms. The minimum Gasteiger partial charge on any atom is -0.489 e. The molecule has 0 saturated carbocycles. The molecule has 0 aliphatic heterocycles. The van der Waals surface area contributed by atoms with Crippen molar-refractivity contribution >= 4 is 35.2 Å². The van der Waals surface area contributed by atoms with Crippen molar-refractivity contribution in [3.8, 4) is 0 Å². The molecule has 2 aromatic rings. The van der Waals surface area contributed by atoms with Gasteiger partial charge in [-0.25, -0.2) is 9.67 Å². The Morgan fingerprint density at radius 1 is 1.37 bits per heavy atom. The van der Waals surface area contributed by atoms with E-state index in [1.807, 2.05) is 19.9 Å². The van der Waals surface area contributed by atoms with E-state index in [9.17, 15) is 0 Å². The molecule has 0 atom stereocenters. The highest BCUT2D eigenvalue weighted by molar-refractivity contribution is 6.35. The van der Waals surface area contributed by atoms with E-state index in [4.69, 9.17) is 27.9 Å². The molecule has 0 amide bonds. The molecule has 0 unspecified atom stereocenters. The lowest BCUT2D eigenvalue weighted by Gasteiger charge is -2.15. The van der Waals surface area contributed by atoms with E-state index >= 15 is 0 Å². The number of hydrogen-bond acceptors (Lipinski definition) is 3. The van der Waals surface area contributed by atoms with Gasteiger partial charge in [-0.3, -0.25) is 0 Å². The Hall–Kier alpha value is -1.52. The zero-order valence-corrected chi connectivity index (χ0v) is 12.1. The summed E-state index contributed by atoms with van der Waals surface area (Å²) in [5.41, 5.74) is 0.760. The number of hydrogen-bond donors (Lipinski definition) is 0. The first-order valence-corrected chi connectivity index (χ1v) is 6.50. The molecule has 100 valence electrons. The molecular weight excluding hydrogens is 285 g/mol. The minimum atomic E-state index is 0.0153. The molecule has 2 rings (SSSR count). The first-order chi connectivity index (χ1) is 9.06. The van der Waals surface area contributed by atoms with Crippen molar-refractivity contribution in [2.75, 3.05) is 0 Å². The highest BCUT2D eigenvalue weighted by Gasteiger charge is 2.11. The summed E-state index contributed by atoms with van der Waals surface area (Å²) in [6.07, 6.45) is 4.77. The lowest BCUT2D eigenvalue weighted by atomic mass is 10.2. The Morgan fingerprint density at radius 2 is 2.16 bits per heavy atom. The maximum Gasteiger partial charge on any atom is 0.146 e. The van der Waals surface area contributed by atoms with Gasteiger partial charge in [0.2, 0.25) is 0 Å². The van der Waals surface area contributed by atoms with Crippen molar-refractivity contribution in [3.05, 3.63) is 46.5 Å². The second-order valence-corrected chi connectivity index (χ2v) is 5.00. The summed E-state index contributed by atoms with van der Waals surface area (Å²) in [7, 11) is 0. The summed E-state index contributed by atoms with van der Waals surface area (Å²) in [6, 6.07) is 5.26. The molecule has 0 N–H and O–H groups in total. The van der Waals surface area contributed by atoms with Gasteiger partial charge in [-0.2, -0.15) is 5.10 Å². The van der Waals surface area contributed by atoms with E-state index in [1.54, 1.807) is 29.3 Å². The number of rotatable bonds is 4. The molecule has 0 saturated heterocycles. The van der Waals surface area contributed by atoms with Crippen molar-refractivity contribution in [1.82, 2.24) is 14.8 Å². The van der Waals surface area contributed by atoms with Crippen molar-refractivity contribution in [1.29, 1.82) is 0 Å². The third-order valence-electron chi connectivity index (χ3n) is 2.25. The van der Waals surface area contributed by atoms with E-state index in [-0.39, 0.29) is 6.10 Å². The molecule has 1 heterocycles. The fourth-order valence-corrected chi connectivity index (χ4v) is 2.01. The van der Waals surface area contributed by atoms with E-state index in [0.717, 1.165) is 5.56 Å². The quantitative estimate of drug-likeness (QED) is 0.802. The normalized spacial score (nSPS) is 11.9. The van der Waals surface area contributed by atoms with Gasteiger partial charge in [0.15, 0.2) is 0 Å². The largest absolute Gasteiger partial charge is 0.489 e. The van der Waals surface area contributed by atoms with Gasteiger partial charge in [0.05, 0.1) is 17.3 Å². The number of halogens is 2. The summed E-state index contributed by atoms with van der Waals surface area (Å²) in [4.78, 5) is 3.88. The Labute approximate surface area is 121 Å². The van der Waals surface area contributed by atoms with Crippen LogP contribution in [-0.2, 0) is 4.74 Å². The Kier molecular flexibility index (Phi) is 4.45. The lowest BCUT2D eigenvalue weighted by molar-refractivity contribution is 0.205. The third-order valence-corrected chi connectivity index (χ3v) is 2.79. The maximum atomic E-state index is 6.20. The molecule has 19 heavy (non-hydrogen) atoms. The van der Waals surface area contributed by atoms with E-state index in [2.05, 4.69) is 10.1 Å². The Balaban J connectivity index is 2.42. The Bertz CT molecular complexity index is 580. The molecule has 1 aromatic heterocycles. The Morgan fingerprint density at radius 3 is 2.74 bits per heavy atom. The first-order valence-electron chi connectivity index (χ1n) is 5.74. The molecule has 0 fully saturated rings. The van der Waals surface area contributed by atoms with Crippen LogP contribution in [0.1, 0.15) is 19.4 Å². The first kappa shape index (κ1) is 13.9. The van der Waals surface area contributed by atoms with Crippen LogP contribution in [0.5, 0.6) is 0 Å². The average Bonchev–Trinajstić information content (AvgIpc) is 2.80. The molecule has 0 radical (unpaired) electrons. The van der Waals surface area contributed by atoms with E-state index in [0.29, 0.717) is 15.8 Å². The fourth-order valence-electron chi connectivity index (χ4n) is 1.51. The molecule has 1 aromatic carbocycles. The van der Waals surface area contributed by atoms with Crippen LogP contribution in [0.4, 0.5) is 0 Å². The van der Waals surface area contributed by atoms with Crippen LogP contribution in [-0.4, -0.2) is 20.9 Å². The van der Waals surface area contributed by atoms with Crippen LogP contribution in [0, 0.1) is 0 Å². The van der Waals surface area contributed by atoms with Crippen molar-refractivity contribution < 1.29 is 4.74 Å². The monoisotopic (exact) mass is 297 g/mol. The maximum absolute atomic E-state index is 6.20. The molecule has 6 heteroatoms. The zero-order valence-electron chi connectivity index (χ0n) is 10.5. The van der Waals surface area contributed by atoms with E-state index in [1.165, 1.54) is 6.33 Å². The van der Waals surface area contributed by atoms with Crippen molar-refractivity contribution in [3.63, 3.8) is 0 Å². The standard InChI is InChI=1S/C13H13Cl2N3O/c1-9(2)19-13(6-18-8-16-7-17-18)11-4-3-10(14)5-12(11)15/h3-9H,1-2H3/b13-6-. The lowest BCUT2D eigenvalue weighted by Crippen LogP contribution is -2.04. The SMILES string of the molecule is CC(C)O/C(=C\n1cncn1)c1ccc(Cl)cc1Cl. The second-order valence-electron chi connectivity index (χ2n) is 4.16. The average molecular weight is 298 g/mol. The molecular formula is C13H13Cl2N3O. The van der Waals surface area contributed by atoms with Gasteiger partial charge in [-0.05, 0) is 32.0 Å². The van der Waals surface area contributed by atoms with Crippen LogP contribution in [0.2, 0.25) is 10.0 Å². The van der Waals surface area contributed by atoms with Crippen LogP contribution >= 0.6 is 23.2 Å². The van der Waals surface area contributed by atoms with Crippen molar-refractivity contribution in [2.45, 2.75) is 20.0 Å². The summed E-state index contributed by atoms with van der Waals surface area (Å²) >= 11 is 12.1. The van der Waals surface area contributed by atoms with Crippen molar-refractivity contribution in [2.24, 2.45) is 0 Å². The zero-order chi connectivity index (χ0) is 13.8. The van der Waals surface area contributed by atoms with Gasteiger partial charge in [0, 0.05) is 10.6 Å². The number of nitrogens with zero attached hydrogens (tertiary/aromatic N) is 3. The predicted molar refractivity (Wildman–Crippen MR) is 76.9 cm³/mol. The summed E-state index contributed by atoms with van der Waals surface area (Å²) in [5.74, 6) is 0.613. The smallest absolute Gasteiger partial charge is 0.146 e. The highest BCUT2D eigenvalue weighted by Crippen LogP contribution is 2.28. The van der Waals surface area contributed by atoms with Gasteiger partial charge in [0.1, 0.15) is 18.4 Å². The fraction of sp³-hybridized carbons (Fsp3) is 0.231. The minimum absolute atomic E-state index is 0.0153. The van der Waals surface area contributed by atoms with Gasteiger partial charge in [0.25, 0.3) is 0 Å². The van der Waals surface area contributed by atoms with Crippen LogP contribution in [0.25, 0.3) is 12.0 Å². The van der Waals surface area contributed by atoms with Gasteiger partial charge in [-0.15, -0.1) is 0 Å². The number of aromatic nitrogens is 3.